The molecule has 1 aromatic carbocycles. The Bertz CT molecular complexity index is 672. The van der Waals surface area contributed by atoms with E-state index in [1.54, 1.807) is 7.05 Å². The first-order chi connectivity index (χ1) is 11.9. The molecule has 5 nitrogen and oxygen atoms in total. The Kier molecular flexibility index (Phi) is 5.66. The Morgan fingerprint density at radius 2 is 2.08 bits per heavy atom. The summed E-state index contributed by atoms with van der Waals surface area (Å²) in [4.78, 5) is 8.63. The summed E-state index contributed by atoms with van der Waals surface area (Å²) in [5.41, 5.74) is 2.36. The molecule has 126 valence electrons. The lowest BCUT2D eigenvalue weighted by atomic mass is 9.93. The van der Waals surface area contributed by atoms with Crippen molar-refractivity contribution in [2.24, 2.45) is 4.99 Å². The van der Waals surface area contributed by atoms with Crippen LogP contribution in [0.3, 0.4) is 0 Å². The molecule has 1 aliphatic rings. The first-order valence-electron chi connectivity index (χ1n) is 8.43. The monoisotopic (exact) mass is 324 g/mol. The van der Waals surface area contributed by atoms with E-state index in [-0.39, 0.29) is 0 Å². The number of pyridine rings is 1. The fraction of sp³-hybridized carbons (Fsp3) is 0.368. The van der Waals surface area contributed by atoms with Crippen molar-refractivity contribution >= 4 is 5.96 Å². The molecule has 0 saturated heterocycles. The van der Waals surface area contributed by atoms with Crippen LogP contribution in [0.4, 0.5) is 0 Å². The molecule has 2 N–H and O–H groups in total. The van der Waals surface area contributed by atoms with Crippen LogP contribution in [0.5, 0.6) is 5.75 Å². The number of benzene rings is 1. The highest BCUT2D eigenvalue weighted by atomic mass is 16.5. The molecule has 0 aliphatic carbocycles. The highest BCUT2D eigenvalue weighted by molar-refractivity contribution is 5.79. The summed E-state index contributed by atoms with van der Waals surface area (Å²) in [7, 11) is 1.80. The maximum Gasteiger partial charge on any atom is 0.191 e. The number of rotatable bonds is 5. The predicted octanol–water partition coefficient (Wildman–Crippen LogP) is 2.36. The minimum absolute atomic E-state index is 0.448. The average molecular weight is 324 g/mol. The van der Waals surface area contributed by atoms with Crippen LogP contribution in [0.1, 0.15) is 23.6 Å². The molecule has 0 spiro atoms. The van der Waals surface area contributed by atoms with E-state index in [2.05, 4.69) is 32.7 Å². The number of nitrogens with one attached hydrogen (secondary N) is 2. The Balaban J connectivity index is 1.48. The van der Waals surface area contributed by atoms with E-state index >= 15 is 0 Å². The normalized spacial score (nSPS) is 16.9. The lowest BCUT2D eigenvalue weighted by molar-refractivity contribution is 0.267. The number of para-hydroxylation sites is 1. The van der Waals surface area contributed by atoms with Gasteiger partial charge in [-0.25, -0.2) is 0 Å². The predicted molar refractivity (Wildman–Crippen MR) is 96.6 cm³/mol. The lowest BCUT2D eigenvalue weighted by Gasteiger charge is -2.26. The smallest absolute Gasteiger partial charge is 0.191 e. The summed E-state index contributed by atoms with van der Waals surface area (Å²) in [5.74, 6) is 2.29. The van der Waals surface area contributed by atoms with E-state index in [4.69, 9.17) is 4.74 Å². The number of fused-ring (bicyclic) bond motifs is 1. The van der Waals surface area contributed by atoms with Crippen LogP contribution in [0.2, 0.25) is 0 Å². The van der Waals surface area contributed by atoms with Crippen molar-refractivity contribution in [2.75, 3.05) is 26.7 Å². The van der Waals surface area contributed by atoms with E-state index in [1.165, 1.54) is 5.56 Å². The quantitative estimate of drug-likeness (QED) is 0.655. The summed E-state index contributed by atoms with van der Waals surface area (Å²) < 4.78 is 5.72. The van der Waals surface area contributed by atoms with Crippen LogP contribution in [-0.2, 0) is 6.42 Å². The van der Waals surface area contributed by atoms with Crippen molar-refractivity contribution in [3.8, 4) is 5.75 Å². The number of ether oxygens (including phenoxy) is 1. The van der Waals surface area contributed by atoms with Gasteiger partial charge < -0.3 is 15.4 Å². The van der Waals surface area contributed by atoms with E-state index in [0.29, 0.717) is 5.92 Å². The first-order valence-corrected chi connectivity index (χ1v) is 8.43. The second-order valence-electron chi connectivity index (χ2n) is 5.82. The number of aliphatic imine (C=N–C) groups is 1. The molecule has 5 heteroatoms. The number of hydrogen-bond donors (Lipinski definition) is 2. The molecule has 0 radical (unpaired) electrons. The largest absolute Gasteiger partial charge is 0.493 e. The average Bonchev–Trinajstić information content (AvgIpc) is 2.65. The van der Waals surface area contributed by atoms with Gasteiger partial charge in [-0.15, -0.1) is 0 Å². The molecule has 0 saturated carbocycles. The van der Waals surface area contributed by atoms with Gasteiger partial charge in [0, 0.05) is 44.4 Å². The Labute approximate surface area is 143 Å². The van der Waals surface area contributed by atoms with Gasteiger partial charge in [-0.2, -0.15) is 0 Å². The van der Waals surface area contributed by atoms with Gasteiger partial charge in [-0.05, 0) is 30.2 Å². The molecule has 2 heterocycles. The van der Waals surface area contributed by atoms with Crippen molar-refractivity contribution in [3.05, 3.63) is 59.9 Å². The zero-order chi connectivity index (χ0) is 16.6. The molecule has 3 rings (SSSR count). The van der Waals surface area contributed by atoms with E-state index in [1.807, 2.05) is 36.5 Å². The summed E-state index contributed by atoms with van der Waals surface area (Å²) in [6.45, 7) is 2.43. The van der Waals surface area contributed by atoms with Gasteiger partial charge in [0.15, 0.2) is 5.96 Å². The van der Waals surface area contributed by atoms with Crippen molar-refractivity contribution in [2.45, 2.75) is 18.8 Å². The van der Waals surface area contributed by atoms with Gasteiger partial charge in [-0.3, -0.25) is 9.98 Å². The molecule has 1 unspecified atom stereocenters. The highest BCUT2D eigenvalue weighted by Gasteiger charge is 2.20. The number of nitrogens with zero attached hydrogens (tertiary/aromatic N) is 2. The van der Waals surface area contributed by atoms with Gasteiger partial charge in [0.25, 0.3) is 0 Å². The Morgan fingerprint density at radius 3 is 2.92 bits per heavy atom. The van der Waals surface area contributed by atoms with Crippen LogP contribution in [0.15, 0.2) is 53.7 Å². The second kappa shape index (κ2) is 8.34. The van der Waals surface area contributed by atoms with Crippen LogP contribution >= 0.6 is 0 Å². The van der Waals surface area contributed by atoms with Crippen LogP contribution in [0, 0.1) is 0 Å². The van der Waals surface area contributed by atoms with Gasteiger partial charge in [0.05, 0.1) is 6.61 Å². The molecule has 0 amide bonds. The van der Waals surface area contributed by atoms with Gasteiger partial charge in [0.2, 0.25) is 0 Å². The molecule has 1 atom stereocenters. The van der Waals surface area contributed by atoms with E-state index in [0.717, 1.165) is 49.9 Å². The Morgan fingerprint density at radius 1 is 1.21 bits per heavy atom. The molecule has 1 aromatic heterocycles. The van der Waals surface area contributed by atoms with Crippen LogP contribution in [-0.4, -0.2) is 37.7 Å². The van der Waals surface area contributed by atoms with Crippen LogP contribution < -0.4 is 15.4 Å². The molecular weight excluding hydrogens is 300 g/mol. The number of hydrogen-bond acceptors (Lipinski definition) is 3. The van der Waals surface area contributed by atoms with Crippen molar-refractivity contribution < 1.29 is 4.74 Å². The summed E-state index contributed by atoms with van der Waals surface area (Å²) in [5, 5.41) is 6.78. The molecule has 2 aromatic rings. The fourth-order valence-corrected chi connectivity index (χ4v) is 2.92. The summed E-state index contributed by atoms with van der Waals surface area (Å²) in [6.07, 6.45) is 3.72. The van der Waals surface area contributed by atoms with E-state index < -0.39 is 0 Å². The minimum atomic E-state index is 0.448. The van der Waals surface area contributed by atoms with Gasteiger partial charge in [0.1, 0.15) is 5.75 Å². The summed E-state index contributed by atoms with van der Waals surface area (Å²) in [6, 6.07) is 14.3. The highest BCUT2D eigenvalue weighted by Crippen LogP contribution is 2.32. The number of guanidine groups is 1. The van der Waals surface area contributed by atoms with Crippen molar-refractivity contribution in [3.63, 3.8) is 0 Å². The third kappa shape index (κ3) is 4.25. The van der Waals surface area contributed by atoms with E-state index in [9.17, 15) is 0 Å². The minimum Gasteiger partial charge on any atom is -0.493 e. The maximum atomic E-state index is 5.72. The first kappa shape index (κ1) is 16.3. The maximum absolute atomic E-state index is 5.72. The fourth-order valence-electron chi connectivity index (χ4n) is 2.92. The summed E-state index contributed by atoms with van der Waals surface area (Å²) >= 11 is 0. The second-order valence-corrected chi connectivity index (χ2v) is 5.82. The van der Waals surface area contributed by atoms with Crippen LogP contribution in [0.25, 0.3) is 0 Å². The molecular formula is C19H24N4O. The standard InChI is InChI=1S/C19H24N4O/c1-20-19(22-12-9-16-6-4-5-11-21-16)23-14-15-10-13-24-18-8-3-2-7-17(15)18/h2-8,11,15H,9-10,12-14H2,1H3,(H2,20,22,23). The zero-order valence-corrected chi connectivity index (χ0v) is 14.0. The SMILES string of the molecule is CN=C(NCCc1ccccn1)NCC1CCOc2ccccc21. The van der Waals surface area contributed by atoms with Gasteiger partial charge >= 0.3 is 0 Å². The number of aromatic nitrogens is 1. The third-order valence-electron chi connectivity index (χ3n) is 4.22. The zero-order valence-electron chi connectivity index (χ0n) is 14.0. The molecule has 0 bridgehead atoms. The molecule has 0 fully saturated rings. The Hall–Kier alpha value is -2.56. The van der Waals surface area contributed by atoms with Crippen molar-refractivity contribution in [1.29, 1.82) is 0 Å². The molecule has 24 heavy (non-hydrogen) atoms. The van der Waals surface area contributed by atoms with Crippen molar-refractivity contribution in [1.82, 2.24) is 15.6 Å². The third-order valence-corrected chi connectivity index (χ3v) is 4.22. The molecule has 1 aliphatic heterocycles. The lowest BCUT2D eigenvalue weighted by Crippen LogP contribution is -2.40. The topological polar surface area (TPSA) is 58.5 Å². The van der Waals surface area contributed by atoms with Gasteiger partial charge in [-0.1, -0.05) is 24.3 Å².